The van der Waals surface area contributed by atoms with Gasteiger partial charge in [0.25, 0.3) is 0 Å². The Morgan fingerprint density at radius 1 is 0.763 bits per heavy atom. The molecule has 0 radical (unpaired) electrons. The van der Waals surface area contributed by atoms with Crippen molar-refractivity contribution in [2.45, 2.75) is 77.8 Å². The Labute approximate surface area is 349 Å². The molecule has 0 aromatic heterocycles. The highest BCUT2D eigenvalue weighted by Gasteiger charge is 2.38. The number of aryl methyl sites for hydroxylation is 5. The lowest BCUT2D eigenvalue weighted by Gasteiger charge is -2.28. The van der Waals surface area contributed by atoms with Crippen LogP contribution in [-0.4, -0.2) is 66.9 Å². The van der Waals surface area contributed by atoms with Gasteiger partial charge in [-0.2, -0.15) is 5.48 Å². The summed E-state index contributed by atoms with van der Waals surface area (Å²) >= 11 is 0. The molecule has 2 atom stereocenters. The van der Waals surface area contributed by atoms with Gasteiger partial charge in [-0.15, -0.1) is 0 Å². The molecule has 10 rings (SSSR count). The molecule has 0 spiro atoms. The van der Waals surface area contributed by atoms with Gasteiger partial charge >= 0.3 is 0 Å². The Bertz CT molecular complexity index is 2270. The van der Waals surface area contributed by atoms with Crippen LogP contribution in [0, 0.1) is 6.92 Å². The molecule has 5 aromatic carbocycles. The second-order valence-electron chi connectivity index (χ2n) is 16.0. The molecule has 1 aliphatic heterocycles. The van der Waals surface area contributed by atoms with Crippen LogP contribution < -0.4 is 16.1 Å². The van der Waals surface area contributed by atoms with Crippen molar-refractivity contribution in [3.63, 3.8) is 0 Å². The number of carbonyl (C=O) groups excluding carboxylic acids is 3. The summed E-state index contributed by atoms with van der Waals surface area (Å²) < 4.78 is 0. The summed E-state index contributed by atoms with van der Waals surface area (Å²) in [5, 5.41) is 6.27. The van der Waals surface area contributed by atoms with Gasteiger partial charge in [0.05, 0.1) is 13.2 Å². The van der Waals surface area contributed by atoms with E-state index in [-0.39, 0.29) is 17.7 Å². The van der Waals surface area contributed by atoms with Crippen LogP contribution in [0.15, 0.2) is 109 Å². The summed E-state index contributed by atoms with van der Waals surface area (Å²) in [6, 6.07) is 36.5. The third-order valence-electron chi connectivity index (χ3n) is 11.5. The van der Waals surface area contributed by atoms with Crippen LogP contribution in [0.3, 0.4) is 0 Å². The molecular weight excluding hydrogens is 735 g/mol. The first-order chi connectivity index (χ1) is 28.7. The molecule has 4 aliphatic carbocycles. The van der Waals surface area contributed by atoms with Crippen LogP contribution in [0.1, 0.15) is 72.5 Å². The average Bonchev–Trinajstić information content (AvgIpc) is 3.73. The predicted octanol–water partition coefficient (Wildman–Crippen LogP) is 8.71. The first-order valence-electron chi connectivity index (χ1n) is 21.2. The minimum Gasteiger partial charge on any atom is -0.329 e. The molecule has 306 valence electrons. The number of anilines is 2. The zero-order chi connectivity index (χ0) is 41.3. The second kappa shape index (κ2) is 19.4. The molecule has 3 N–H and O–H groups in total. The number of nitrogens with zero attached hydrogens (tertiary/aromatic N) is 2. The molecule has 1 heterocycles. The molecule has 5 aliphatic rings. The number of amides is 3. The second-order valence-corrected chi connectivity index (χ2v) is 16.0. The molecular formula is C50H57N5O4. The van der Waals surface area contributed by atoms with Crippen molar-refractivity contribution in [3.05, 3.63) is 143 Å². The normalized spacial score (nSPS) is 15.5. The summed E-state index contributed by atoms with van der Waals surface area (Å²) in [4.78, 5) is 49.9. The van der Waals surface area contributed by atoms with Gasteiger partial charge in [-0.05, 0) is 147 Å². The highest BCUT2D eigenvalue weighted by molar-refractivity contribution is 5.99. The lowest BCUT2D eigenvalue weighted by Crippen LogP contribution is -2.47. The fourth-order valence-electron chi connectivity index (χ4n) is 8.41. The minimum absolute atomic E-state index is 0.00738. The number of hydrogen-bond acceptors (Lipinski definition) is 6. The Morgan fingerprint density at radius 3 is 1.97 bits per heavy atom. The molecule has 3 amide bonds. The van der Waals surface area contributed by atoms with E-state index in [2.05, 4.69) is 83.7 Å². The van der Waals surface area contributed by atoms with Crippen molar-refractivity contribution in [2.75, 3.05) is 43.9 Å². The zero-order valence-electron chi connectivity index (χ0n) is 34.9. The van der Waals surface area contributed by atoms with E-state index in [4.69, 9.17) is 4.84 Å². The maximum Gasteiger partial charge on any atom is 0.247 e. The van der Waals surface area contributed by atoms with E-state index in [0.29, 0.717) is 31.8 Å². The number of carbonyl (C=O) groups is 3. The van der Waals surface area contributed by atoms with Crippen LogP contribution in [0.25, 0.3) is 22.3 Å². The van der Waals surface area contributed by atoms with E-state index < -0.39 is 12.1 Å². The lowest BCUT2D eigenvalue weighted by atomic mass is 9.87. The van der Waals surface area contributed by atoms with Gasteiger partial charge in [0.1, 0.15) is 12.1 Å². The van der Waals surface area contributed by atoms with E-state index in [1.807, 2.05) is 74.3 Å². The van der Waals surface area contributed by atoms with Crippen LogP contribution in [0.5, 0.6) is 0 Å². The molecule has 1 fully saturated rings. The third kappa shape index (κ3) is 10.3. The number of likely N-dealkylation sites (N-methyl/N-ethyl adjacent to an activating group) is 1. The Hall–Kier alpha value is -5.61. The highest BCUT2D eigenvalue weighted by Crippen LogP contribution is 2.34. The molecule has 59 heavy (non-hydrogen) atoms. The van der Waals surface area contributed by atoms with Crippen LogP contribution in [-0.2, 0) is 44.9 Å². The first-order valence-corrected chi connectivity index (χ1v) is 21.2. The van der Waals surface area contributed by atoms with E-state index in [1.165, 1.54) is 33.4 Å². The van der Waals surface area contributed by atoms with E-state index in [9.17, 15) is 14.4 Å². The highest BCUT2D eigenvalue weighted by atomic mass is 16.6. The average molecular weight is 792 g/mol. The SMILES string of the molecule is CCCN(C)CC(=O)Nc1cccc(-c2cc3ccc2CCc2ccc(c(-c4cccc(NC(=O)[C@@H]5CCCN5C(=O)[C@@H](NOCC)c5ccc(C)cc5)c4)c2)CC3)c1. The number of likely N-dealkylation sites (tertiary alicyclic amines) is 1. The van der Waals surface area contributed by atoms with Crippen LogP contribution in [0.4, 0.5) is 11.4 Å². The van der Waals surface area contributed by atoms with Crippen molar-refractivity contribution in [2.24, 2.45) is 0 Å². The van der Waals surface area contributed by atoms with Gasteiger partial charge in [-0.25, -0.2) is 0 Å². The van der Waals surface area contributed by atoms with E-state index in [1.54, 1.807) is 4.90 Å². The van der Waals surface area contributed by atoms with Crippen molar-refractivity contribution in [1.82, 2.24) is 15.3 Å². The molecule has 0 saturated carbocycles. The van der Waals surface area contributed by atoms with E-state index >= 15 is 0 Å². The number of hydrogen-bond donors (Lipinski definition) is 3. The monoisotopic (exact) mass is 791 g/mol. The Morgan fingerprint density at radius 2 is 1.37 bits per heavy atom. The minimum atomic E-state index is -0.712. The summed E-state index contributed by atoms with van der Waals surface area (Å²) in [5.41, 5.74) is 15.9. The Kier molecular flexibility index (Phi) is 13.7. The maximum atomic E-state index is 14.0. The van der Waals surface area contributed by atoms with Gasteiger partial charge in [0.2, 0.25) is 17.7 Å². The van der Waals surface area contributed by atoms with Crippen LogP contribution >= 0.6 is 0 Å². The molecule has 4 bridgehead atoms. The fraction of sp³-hybridized carbons (Fsp3) is 0.340. The molecule has 9 nitrogen and oxygen atoms in total. The molecule has 9 heteroatoms. The quantitative estimate of drug-likeness (QED) is 0.0974. The first kappa shape index (κ1) is 41.5. The van der Waals surface area contributed by atoms with Crippen molar-refractivity contribution >= 4 is 29.1 Å². The zero-order valence-corrected chi connectivity index (χ0v) is 34.9. The topological polar surface area (TPSA) is 103 Å². The number of hydroxylamine groups is 1. The third-order valence-corrected chi connectivity index (χ3v) is 11.5. The molecule has 0 unspecified atom stereocenters. The number of rotatable bonds is 14. The van der Waals surface area contributed by atoms with Crippen molar-refractivity contribution in [3.8, 4) is 22.3 Å². The fourth-order valence-corrected chi connectivity index (χ4v) is 8.41. The summed E-state index contributed by atoms with van der Waals surface area (Å²) in [5.74, 6) is -0.366. The van der Waals surface area contributed by atoms with Gasteiger partial charge in [0.15, 0.2) is 0 Å². The van der Waals surface area contributed by atoms with E-state index in [0.717, 1.165) is 73.0 Å². The number of benzene rings is 5. The Balaban J connectivity index is 1.06. The molecule has 1 saturated heterocycles. The van der Waals surface area contributed by atoms with Gasteiger partial charge in [-0.1, -0.05) is 97.4 Å². The number of nitrogens with one attached hydrogen (secondary N) is 3. The van der Waals surface area contributed by atoms with Crippen LogP contribution in [0.2, 0.25) is 0 Å². The smallest absolute Gasteiger partial charge is 0.247 e. The summed E-state index contributed by atoms with van der Waals surface area (Å²) in [6.07, 6.45) is 5.80. The summed E-state index contributed by atoms with van der Waals surface area (Å²) in [6.45, 7) is 8.16. The lowest BCUT2D eigenvalue weighted by molar-refractivity contribution is -0.142. The van der Waals surface area contributed by atoms with Crippen molar-refractivity contribution < 1.29 is 19.2 Å². The predicted molar refractivity (Wildman–Crippen MR) is 237 cm³/mol. The maximum absolute atomic E-state index is 14.0. The van der Waals surface area contributed by atoms with Gasteiger partial charge < -0.3 is 20.4 Å². The van der Waals surface area contributed by atoms with Gasteiger partial charge in [0, 0.05) is 17.9 Å². The largest absolute Gasteiger partial charge is 0.329 e. The standard InChI is InChI=1S/C50H57N5O4/c1-5-27-54(4)33-47(56)51-42-12-7-10-40(31-42)44-29-35-17-23-37(44)24-18-36-20-26-38(25-19-35)45(30-36)41-11-8-13-43(32-41)52-49(57)46-14-9-28-55(46)50(58)48(53-59-6-2)39-21-15-34(3)16-22-39/h7-8,10-13,15-17,20-23,26,29-32,46,48,53H,5-6,9,14,18-19,24-25,27-28,33H2,1-4H3,(H,51,56)(H,52,57)/t46-,48-/m0/s1. The molecule has 5 aromatic rings. The van der Waals surface area contributed by atoms with Gasteiger partial charge in [-0.3, -0.25) is 19.3 Å². The summed E-state index contributed by atoms with van der Waals surface area (Å²) in [7, 11) is 1.97. The van der Waals surface area contributed by atoms with Crippen molar-refractivity contribution in [1.29, 1.82) is 0 Å².